The second-order valence-corrected chi connectivity index (χ2v) is 8.62. The molecule has 36 heavy (non-hydrogen) atoms. The number of carbonyl (C=O) groups excluding carboxylic acids is 1. The van der Waals surface area contributed by atoms with Crippen molar-refractivity contribution >= 4 is 17.4 Å². The summed E-state index contributed by atoms with van der Waals surface area (Å²) < 4.78 is 19.0. The SMILES string of the molecule is CCCCCCn1c(=O)c(OC=O)c(OCc2ccccc2)c2ccc(OCc3ccccc3)cc21. The van der Waals surface area contributed by atoms with Gasteiger partial charge in [0.1, 0.15) is 19.0 Å². The molecular weight excluding hydrogens is 454 g/mol. The third-order valence-corrected chi connectivity index (χ3v) is 6.03. The second-order valence-electron chi connectivity index (χ2n) is 8.62. The normalized spacial score (nSPS) is 10.8. The van der Waals surface area contributed by atoms with E-state index in [-0.39, 0.29) is 24.6 Å². The molecule has 6 heteroatoms. The van der Waals surface area contributed by atoms with Crippen LogP contribution in [0.2, 0.25) is 0 Å². The van der Waals surface area contributed by atoms with Crippen LogP contribution in [0.3, 0.4) is 0 Å². The molecule has 186 valence electrons. The lowest BCUT2D eigenvalue weighted by atomic mass is 10.1. The first-order valence-corrected chi connectivity index (χ1v) is 12.4. The van der Waals surface area contributed by atoms with Crippen molar-refractivity contribution < 1.29 is 19.0 Å². The van der Waals surface area contributed by atoms with Crippen LogP contribution in [0, 0.1) is 0 Å². The minimum atomic E-state index is -0.394. The van der Waals surface area contributed by atoms with Gasteiger partial charge < -0.3 is 18.8 Å². The molecule has 0 aliphatic heterocycles. The summed E-state index contributed by atoms with van der Waals surface area (Å²) in [7, 11) is 0. The van der Waals surface area contributed by atoms with Gasteiger partial charge in [-0.15, -0.1) is 0 Å². The Morgan fingerprint density at radius 3 is 2.08 bits per heavy atom. The Bertz CT molecular complexity index is 1330. The van der Waals surface area contributed by atoms with Gasteiger partial charge in [-0.2, -0.15) is 0 Å². The van der Waals surface area contributed by atoms with E-state index in [9.17, 15) is 9.59 Å². The standard InChI is InChI=1S/C30H31NO5/c1-2-3-4-11-18-31-27-19-25(34-20-23-12-7-5-8-13-23)16-17-26(27)28(29(30(31)33)36-22-32)35-21-24-14-9-6-10-15-24/h5-10,12-17,19,22H,2-4,11,18,20-21H2,1H3. The van der Waals surface area contributed by atoms with E-state index in [1.807, 2.05) is 78.9 Å². The van der Waals surface area contributed by atoms with Gasteiger partial charge in [-0.3, -0.25) is 9.59 Å². The predicted octanol–water partition coefficient (Wildman–Crippen LogP) is 6.28. The summed E-state index contributed by atoms with van der Waals surface area (Å²) in [5.41, 5.74) is 2.28. The van der Waals surface area contributed by atoms with Crippen LogP contribution >= 0.6 is 0 Å². The van der Waals surface area contributed by atoms with Gasteiger partial charge in [0.15, 0.2) is 5.75 Å². The smallest absolute Gasteiger partial charge is 0.298 e. The average Bonchev–Trinajstić information content (AvgIpc) is 2.92. The van der Waals surface area contributed by atoms with Crippen molar-refractivity contribution in [2.24, 2.45) is 0 Å². The highest BCUT2D eigenvalue weighted by Crippen LogP contribution is 2.35. The number of ether oxygens (including phenoxy) is 3. The van der Waals surface area contributed by atoms with E-state index in [4.69, 9.17) is 14.2 Å². The zero-order valence-electron chi connectivity index (χ0n) is 20.5. The van der Waals surface area contributed by atoms with Crippen molar-refractivity contribution in [3.05, 3.63) is 100 Å². The molecule has 0 fully saturated rings. The number of hydrogen-bond donors (Lipinski definition) is 0. The largest absolute Gasteiger partial charge is 0.489 e. The van der Waals surface area contributed by atoms with E-state index in [1.54, 1.807) is 4.57 Å². The zero-order chi connectivity index (χ0) is 25.2. The van der Waals surface area contributed by atoms with Crippen LogP contribution in [-0.4, -0.2) is 11.0 Å². The molecule has 4 rings (SSSR count). The molecule has 4 aromatic rings. The summed E-state index contributed by atoms with van der Waals surface area (Å²) in [5.74, 6) is 0.804. The fraction of sp³-hybridized carbons (Fsp3) is 0.267. The number of nitrogens with zero attached hydrogens (tertiary/aromatic N) is 1. The number of hydrogen-bond acceptors (Lipinski definition) is 5. The molecule has 0 atom stereocenters. The maximum atomic E-state index is 13.5. The van der Waals surface area contributed by atoms with Crippen LogP contribution in [-0.2, 0) is 24.6 Å². The molecule has 0 saturated heterocycles. The lowest BCUT2D eigenvalue weighted by Gasteiger charge is -2.18. The first-order chi connectivity index (χ1) is 17.7. The maximum absolute atomic E-state index is 13.5. The first kappa shape index (κ1) is 25.0. The number of carbonyl (C=O) groups is 1. The van der Waals surface area contributed by atoms with E-state index < -0.39 is 5.56 Å². The van der Waals surface area contributed by atoms with Crippen molar-refractivity contribution in [2.75, 3.05) is 0 Å². The summed E-state index contributed by atoms with van der Waals surface area (Å²) >= 11 is 0. The maximum Gasteiger partial charge on any atom is 0.298 e. The van der Waals surface area contributed by atoms with Gasteiger partial charge in [0.25, 0.3) is 12.0 Å². The van der Waals surface area contributed by atoms with Gasteiger partial charge in [0, 0.05) is 18.0 Å². The Morgan fingerprint density at radius 1 is 0.778 bits per heavy atom. The molecule has 0 bridgehead atoms. The van der Waals surface area contributed by atoms with E-state index >= 15 is 0 Å². The highest BCUT2D eigenvalue weighted by molar-refractivity contribution is 5.89. The van der Waals surface area contributed by atoms with Crippen LogP contribution in [0.4, 0.5) is 0 Å². The molecule has 0 radical (unpaired) electrons. The summed E-state index contributed by atoms with van der Waals surface area (Å²) in [6, 6.07) is 25.1. The van der Waals surface area contributed by atoms with Crippen molar-refractivity contribution in [3.63, 3.8) is 0 Å². The molecule has 0 aliphatic carbocycles. The number of unbranched alkanes of at least 4 members (excludes halogenated alkanes) is 3. The van der Waals surface area contributed by atoms with E-state index in [1.165, 1.54) is 0 Å². The topological polar surface area (TPSA) is 66.8 Å². The van der Waals surface area contributed by atoms with E-state index in [2.05, 4.69) is 6.92 Å². The van der Waals surface area contributed by atoms with Gasteiger partial charge in [0.05, 0.1) is 5.52 Å². The number of benzene rings is 3. The monoisotopic (exact) mass is 485 g/mol. The lowest BCUT2D eigenvalue weighted by Crippen LogP contribution is -2.23. The number of fused-ring (bicyclic) bond motifs is 1. The summed E-state index contributed by atoms with van der Waals surface area (Å²) in [5, 5.41) is 0.685. The summed E-state index contributed by atoms with van der Waals surface area (Å²) in [4.78, 5) is 24.8. The Kier molecular flexibility index (Phi) is 8.76. The Balaban J connectivity index is 1.74. The zero-order valence-corrected chi connectivity index (χ0v) is 20.5. The molecular formula is C30H31NO5. The average molecular weight is 486 g/mol. The Morgan fingerprint density at radius 2 is 1.44 bits per heavy atom. The molecule has 0 spiro atoms. The van der Waals surface area contributed by atoms with Gasteiger partial charge in [-0.25, -0.2) is 0 Å². The van der Waals surface area contributed by atoms with Crippen molar-refractivity contribution in [3.8, 4) is 17.2 Å². The van der Waals surface area contributed by atoms with Gasteiger partial charge >= 0.3 is 0 Å². The van der Waals surface area contributed by atoms with Crippen LogP contribution in [0.25, 0.3) is 10.9 Å². The fourth-order valence-corrected chi connectivity index (χ4v) is 4.15. The summed E-state index contributed by atoms with van der Waals surface area (Å²) in [6.07, 6.45) is 4.03. The van der Waals surface area contributed by atoms with Crippen LogP contribution < -0.4 is 19.8 Å². The van der Waals surface area contributed by atoms with E-state index in [0.717, 1.165) is 36.8 Å². The molecule has 0 saturated carbocycles. The molecule has 6 nitrogen and oxygen atoms in total. The van der Waals surface area contributed by atoms with Crippen LogP contribution in [0.5, 0.6) is 17.2 Å². The predicted molar refractivity (Wildman–Crippen MR) is 141 cm³/mol. The highest BCUT2D eigenvalue weighted by Gasteiger charge is 2.21. The van der Waals surface area contributed by atoms with E-state index in [0.29, 0.717) is 29.8 Å². The van der Waals surface area contributed by atoms with Crippen molar-refractivity contribution in [1.82, 2.24) is 4.57 Å². The van der Waals surface area contributed by atoms with Gasteiger partial charge in [-0.05, 0) is 29.7 Å². The van der Waals surface area contributed by atoms with Gasteiger partial charge in [-0.1, -0.05) is 86.8 Å². The lowest BCUT2D eigenvalue weighted by molar-refractivity contribution is -0.120. The minimum Gasteiger partial charge on any atom is -0.489 e. The number of aryl methyl sites for hydroxylation is 1. The highest BCUT2D eigenvalue weighted by atomic mass is 16.5. The molecule has 0 N–H and O–H groups in total. The van der Waals surface area contributed by atoms with Crippen molar-refractivity contribution in [1.29, 1.82) is 0 Å². The number of aromatic nitrogens is 1. The quantitative estimate of drug-likeness (QED) is 0.165. The molecule has 0 amide bonds. The first-order valence-electron chi connectivity index (χ1n) is 12.4. The van der Waals surface area contributed by atoms with Crippen molar-refractivity contribution in [2.45, 2.75) is 52.4 Å². The summed E-state index contributed by atoms with van der Waals surface area (Å²) in [6.45, 7) is 3.57. The third-order valence-electron chi connectivity index (χ3n) is 6.03. The number of rotatable bonds is 13. The second kappa shape index (κ2) is 12.6. The Hall–Kier alpha value is -4.06. The van der Waals surface area contributed by atoms with Gasteiger partial charge in [0.2, 0.25) is 5.75 Å². The molecule has 1 heterocycles. The molecule has 0 aliphatic rings. The number of pyridine rings is 1. The molecule has 1 aromatic heterocycles. The molecule has 3 aromatic carbocycles. The Labute approximate surface area is 211 Å². The fourth-order valence-electron chi connectivity index (χ4n) is 4.15. The minimum absolute atomic E-state index is 0.0955. The van der Waals surface area contributed by atoms with Crippen LogP contribution in [0.15, 0.2) is 83.7 Å². The molecule has 0 unspecified atom stereocenters. The van der Waals surface area contributed by atoms with Crippen LogP contribution in [0.1, 0.15) is 43.7 Å². The third kappa shape index (κ3) is 6.13.